The second-order valence-corrected chi connectivity index (χ2v) is 6.17. The zero-order valence-corrected chi connectivity index (χ0v) is 15.1. The minimum Gasteiger partial charge on any atom is -0.449 e. The lowest BCUT2D eigenvalue weighted by molar-refractivity contribution is 0.0245. The normalized spacial score (nSPS) is 12.0. The van der Waals surface area contributed by atoms with Gasteiger partial charge < -0.3 is 13.6 Å². The van der Waals surface area contributed by atoms with Gasteiger partial charge in [-0.15, -0.1) is 10.2 Å². The first kappa shape index (κ1) is 18.5. The number of rotatable bonds is 5. The molecule has 4 rings (SSSR count). The fourth-order valence-corrected chi connectivity index (χ4v) is 2.59. The molecule has 146 valence electrons. The number of hydrogen-bond donors (Lipinski definition) is 0. The van der Waals surface area contributed by atoms with Crippen LogP contribution >= 0.6 is 0 Å². The van der Waals surface area contributed by atoms with E-state index in [1.54, 1.807) is 25.1 Å². The van der Waals surface area contributed by atoms with Crippen LogP contribution in [0.5, 0.6) is 0 Å². The fraction of sp³-hybridized carbons (Fsp3) is 0.0952. The minimum atomic E-state index is -0.830. The molecule has 0 aliphatic carbocycles. The summed E-state index contributed by atoms with van der Waals surface area (Å²) in [6.07, 6.45) is -0.830. The van der Waals surface area contributed by atoms with E-state index in [4.69, 9.17) is 13.6 Å². The number of hydrogen-bond acceptors (Lipinski definition) is 6. The van der Waals surface area contributed by atoms with Crippen molar-refractivity contribution in [2.45, 2.75) is 13.0 Å². The van der Waals surface area contributed by atoms with Gasteiger partial charge in [-0.25, -0.2) is 13.6 Å². The molecule has 0 N–H and O–H groups in total. The van der Waals surface area contributed by atoms with Crippen LogP contribution in [0.2, 0.25) is 0 Å². The summed E-state index contributed by atoms with van der Waals surface area (Å²) < 4.78 is 42.4. The molecule has 0 spiro atoms. The summed E-state index contributed by atoms with van der Waals surface area (Å²) in [5.41, 5.74) is 1.16. The van der Waals surface area contributed by atoms with Gasteiger partial charge in [0, 0.05) is 11.1 Å². The molecule has 0 saturated carbocycles. The average molecular weight is 396 g/mol. The summed E-state index contributed by atoms with van der Waals surface area (Å²) in [6.45, 7) is 1.57. The van der Waals surface area contributed by atoms with Gasteiger partial charge >= 0.3 is 5.97 Å². The number of benzene rings is 2. The van der Waals surface area contributed by atoms with Gasteiger partial charge in [0.05, 0.1) is 0 Å². The van der Waals surface area contributed by atoms with Crippen molar-refractivity contribution in [2.24, 2.45) is 0 Å². The maximum absolute atomic E-state index is 13.0. The van der Waals surface area contributed by atoms with Gasteiger partial charge in [0.2, 0.25) is 11.7 Å². The second-order valence-electron chi connectivity index (χ2n) is 6.17. The van der Waals surface area contributed by atoms with Crippen molar-refractivity contribution in [3.8, 4) is 22.8 Å². The monoisotopic (exact) mass is 396 g/mol. The molecule has 2 aromatic carbocycles. The summed E-state index contributed by atoms with van der Waals surface area (Å²) in [4.78, 5) is 12.3. The Bertz CT molecular complexity index is 1130. The zero-order chi connectivity index (χ0) is 20.4. The predicted octanol–water partition coefficient (Wildman–Crippen LogP) is 5.19. The van der Waals surface area contributed by atoms with E-state index < -0.39 is 12.1 Å². The first-order valence-electron chi connectivity index (χ1n) is 8.66. The van der Waals surface area contributed by atoms with Crippen LogP contribution in [0.3, 0.4) is 0 Å². The molecule has 0 fully saturated rings. The number of furan rings is 1. The van der Waals surface area contributed by atoms with E-state index >= 15 is 0 Å². The lowest BCUT2D eigenvalue weighted by atomic mass is 10.2. The molecule has 0 aliphatic rings. The maximum atomic E-state index is 13.0. The highest BCUT2D eigenvalue weighted by Gasteiger charge is 2.22. The van der Waals surface area contributed by atoms with E-state index in [2.05, 4.69) is 10.2 Å². The zero-order valence-electron chi connectivity index (χ0n) is 15.1. The van der Waals surface area contributed by atoms with E-state index in [1.807, 2.05) is 0 Å². The van der Waals surface area contributed by atoms with Crippen LogP contribution in [-0.2, 0) is 4.74 Å². The summed E-state index contributed by atoms with van der Waals surface area (Å²) >= 11 is 0. The highest BCUT2D eigenvalue weighted by molar-refractivity contribution is 5.87. The summed E-state index contributed by atoms with van der Waals surface area (Å²) in [5.74, 6) is -0.812. The number of nitrogens with zero attached hydrogens (tertiary/aromatic N) is 2. The highest BCUT2D eigenvalue weighted by Crippen LogP contribution is 2.26. The lowest BCUT2D eigenvalue weighted by Crippen LogP contribution is -2.08. The van der Waals surface area contributed by atoms with Crippen molar-refractivity contribution in [3.63, 3.8) is 0 Å². The standard InChI is InChI=1S/C21H14F2N2O4/c1-12(19-24-25-20(29-19)14-4-8-16(23)9-5-14)27-21(26)18-11-10-17(28-18)13-2-6-15(22)7-3-13/h2-12H,1H3/t12-/m1/s1. The topological polar surface area (TPSA) is 78.4 Å². The van der Waals surface area contributed by atoms with Gasteiger partial charge in [-0.1, -0.05) is 0 Å². The molecule has 4 aromatic rings. The Morgan fingerprint density at radius 3 is 2.14 bits per heavy atom. The van der Waals surface area contributed by atoms with Gasteiger partial charge in [0.1, 0.15) is 17.4 Å². The third-order valence-electron chi connectivity index (χ3n) is 4.10. The summed E-state index contributed by atoms with van der Waals surface area (Å²) in [7, 11) is 0. The molecule has 8 heteroatoms. The molecule has 0 saturated heterocycles. The van der Waals surface area contributed by atoms with E-state index in [9.17, 15) is 13.6 Å². The van der Waals surface area contributed by atoms with Crippen molar-refractivity contribution in [3.05, 3.63) is 83.9 Å². The number of halogens is 2. The van der Waals surface area contributed by atoms with Crippen LogP contribution in [0.4, 0.5) is 8.78 Å². The van der Waals surface area contributed by atoms with Crippen molar-refractivity contribution >= 4 is 5.97 Å². The minimum absolute atomic E-state index is 0.0190. The predicted molar refractivity (Wildman–Crippen MR) is 97.6 cm³/mol. The Balaban J connectivity index is 1.45. The molecule has 0 amide bonds. The van der Waals surface area contributed by atoms with E-state index in [1.165, 1.54) is 42.5 Å². The number of aromatic nitrogens is 2. The van der Waals surface area contributed by atoms with Crippen molar-refractivity contribution in [1.82, 2.24) is 10.2 Å². The van der Waals surface area contributed by atoms with Gasteiger partial charge in [-0.3, -0.25) is 0 Å². The Morgan fingerprint density at radius 1 is 0.862 bits per heavy atom. The quantitative estimate of drug-likeness (QED) is 0.432. The third-order valence-corrected chi connectivity index (χ3v) is 4.10. The molecule has 0 radical (unpaired) electrons. The number of carbonyl (C=O) groups is 1. The molecule has 0 bridgehead atoms. The van der Waals surface area contributed by atoms with Gasteiger partial charge in [0.15, 0.2) is 6.10 Å². The number of carbonyl (C=O) groups excluding carboxylic acids is 1. The average Bonchev–Trinajstić information content (AvgIpc) is 3.39. The molecule has 6 nitrogen and oxygen atoms in total. The number of ether oxygens (including phenoxy) is 1. The molecule has 0 aliphatic heterocycles. The molecule has 29 heavy (non-hydrogen) atoms. The molecule has 0 unspecified atom stereocenters. The molecule has 2 heterocycles. The maximum Gasteiger partial charge on any atom is 0.375 e. The highest BCUT2D eigenvalue weighted by atomic mass is 19.1. The Hall–Kier alpha value is -3.81. The van der Waals surface area contributed by atoms with Gasteiger partial charge in [0.25, 0.3) is 5.89 Å². The SMILES string of the molecule is C[C@@H](OC(=O)c1ccc(-c2ccc(F)cc2)o1)c1nnc(-c2ccc(F)cc2)o1. The van der Waals surface area contributed by atoms with Crippen molar-refractivity contribution in [1.29, 1.82) is 0 Å². The Labute approximate surface area is 163 Å². The molecule has 1 atom stereocenters. The van der Waals surface area contributed by atoms with Crippen molar-refractivity contribution < 1.29 is 27.1 Å². The second kappa shape index (κ2) is 7.67. The third kappa shape index (κ3) is 4.06. The smallest absolute Gasteiger partial charge is 0.375 e. The lowest BCUT2D eigenvalue weighted by Gasteiger charge is -2.07. The Kier molecular flexibility index (Phi) is 4.90. The molecule has 2 aromatic heterocycles. The fourth-order valence-electron chi connectivity index (χ4n) is 2.59. The first-order chi connectivity index (χ1) is 14.0. The van der Waals surface area contributed by atoms with Crippen LogP contribution in [-0.4, -0.2) is 16.2 Å². The van der Waals surface area contributed by atoms with Crippen LogP contribution in [0.15, 0.2) is 69.5 Å². The van der Waals surface area contributed by atoms with E-state index in [0.29, 0.717) is 16.9 Å². The molecular weight excluding hydrogens is 382 g/mol. The van der Waals surface area contributed by atoms with Crippen LogP contribution < -0.4 is 0 Å². The number of esters is 1. The van der Waals surface area contributed by atoms with Crippen LogP contribution in [0.1, 0.15) is 29.5 Å². The van der Waals surface area contributed by atoms with Crippen LogP contribution in [0.25, 0.3) is 22.8 Å². The van der Waals surface area contributed by atoms with Gasteiger partial charge in [-0.2, -0.15) is 0 Å². The summed E-state index contributed by atoms with van der Waals surface area (Å²) in [6, 6.07) is 14.3. The largest absolute Gasteiger partial charge is 0.449 e. The van der Waals surface area contributed by atoms with E-state index in [-0.39, 0.29) is 29.2 Å². The summed E-state index contributed by atoms with van der Waals surface area (Å²) in [5, 5.41) is 7.75. The first-order valence-corrected chi connectivity index (χ1v) is 8.66. The van der Waals surface area contributed by atoms with E-state index in [0.717, 1.165) is 0 Å². The van der Waals surface area contributed by atoms with Gasteiger partial charge in [-0.05, 0) is 67.6 Å². The Morgan fingerprint density at radius 2 is 1.48 bits per heavy atom. The van der Waals surface area contributed by atoms with Crippen molar-refractivity contribution in [2.75, 3.05) is 0 Å². The molecular formula is C21H14F2N2O4. The van der Waals surface area contributed by atoms with Crippen LogP contribution in [0, 0.1) is 11.6 Å².